The number of esters is 1. The fraction of sp³-hybridized carbons (Fsp3) is 0.308. The van der Waals surface area contributed by atoms with Crippen molar-refractivity contribution in [2.24, 2.45) is 0 Å². The highest BCUT2D eigenvalue weighted by atomic mass is 16.5. The van der Waals surface area contributed by atoms with E-state index in [2.05, 4.69) is 11.9 Å². The highest BCUT2D eigenvalue weighted by Gasteiger charge is 2.01. The molecule has 0 fully saturated rings. The molecule has 0 saturated heterocycles. The van der Waals surface area contributed by atoms with Crippen LogP contribution in [0.1, 0.15) is 12.5 Å². The van der Waals surface area contributed by atoms with Crippen molar-refractivity contribution in [3.63, 3.8) is 0 Å². The average molecular weight is 219 g/mol. The lowest BCUT2D eigenvalue weighted by atomic mass is 10.2. The summed E-state index contributed by atoms with van der Waals surface area (Å²) < 4.78 is 4.95. The minimum absolute atomic E-state index is 0.342. The van der Waals surface area contributed by atoms with E-state index in [0.717, 1.165) is 5.69 Å². The molecule has 0 spiro atoms. The van der Waals surface area contributed by atoms with Crippen LogP contribution in [0.5, 0.6) is 0 Å². The zero-order valence-electron chi connectivity index (χ0n) is 9.75. The fourth-order valence-corrected chi connectivity index (χ4v) is 1.13. The number of benzene rings is 1. The Labute approximate surface area is 96.1 Å². The third-order valence-electron chi connectivity index (χ3n) is 2.06. The fourth-order valence-electron chi connectivity index (χ4n) is 1.13. The molecular weight excluding hydrogens is 202 g/mol. The first kappa shape index (κ1) is 12.3. The SMILES string of the molecule is C=C(C)C(=O)OCCNc1ccc(C)cc1. The topological polar surface area (TPSA) is 38.3 Å². The van der Waals surface area contributed by atoms with E-state index >= 15 is 0 Å². The number of anilines is 1. The minimum Gasteiger partial charge on any atom is -0.460 e. The van der Waals surface area contributed by atoms with Crippen molar-refractivity contribution in [1.82, 2.24) is 0 Å². The van der Waals surface area contributed by atoms with Crippen molar-refractivity contribution in [1.29, 1.82) is 0 Å². The molecule has 0 saturated carbocycles. The van der Waals surface area contributed by atoms with Crippen LogP contribution in [0.2, 0.25) is 0 Å². The van der Waals surface area contributed by atoms with Crippen LogP contribution in [0.25, 0.3) is 0 Å². The first-order valence-electron chi connectivity index (χ1n) is 5.23. The van der Waals surface area contributed by atoms with Crippen LogP contribution in [-0.4, -0.2) is 19.1 Å². The smallest absolute Gasteiger partial charge is 0.333 e. The van der Waals surface area contributed by atoms with Crippen LogP contribution in [0.15, 0.2) is 36.4 Å². The molecule has 86 valence electrons. The maximum absolute atomic E-state index is 11.0. The summed E-state index contributed by atoms with van der Waals surface area (Å²) in [6, 6.07) is 8.05. The monoisotopic (exact) mass is 219 g/mol. The van der Waals surface area contributed by atoms with Crippen LogP contribution < -0.4 is 5.32 Å². The van der Waals surface area contributed by atoms with Crippen LogP contribution in [0.3, 0.4) is 0 Å². The van der Waals surface area contributed by atoms with Crippen molar-refractivity contribution in [3.05, 3.63) is 42.0 Å². The Hall–Kier alpha value is -1.77. The van der Waals surface area contributed by atoms with Gasteiger partial charge in [0.25, 0.3) is 0 Å². The van der Waals surface area contributed by atoms with Crippen molar-refractivity contribution < 1.29 is 9.53 Å². The van der Waals surface area contributed by atoms with Gasteiger partial charge >= 0.3 is 5.97 Å². The number of rotatable bonds is 5. The zero-order chi connectivity index (χ0) is 12.0. The summed E-state index contributed by atoms with van der Waals surface area (Å²) in [5, 5.41) is 3.16. The molecule has 16 heavy (non-hydrogen) atoms. The summed E-state index contributed by atoms with van der Waals surface area (Å²) in [6.07, 6.45) is 0. The molecule has 1 N–H and O–H groups in total. The second kappa shape index (κ2) is 5.95. The van der Waals surface area contributed by atoms with Gasteiger partial charge < -0.3 is 10.1 Å². The number of carbonyl (C=O) groups is 1. The van der Waals surface area contributed by atoms with Gasteiger partial charge in [-0.25, -0.2) is 4.79 Å². The quantitative estimate of drug-likeness (QED) is 0.470. The third kappa shape index (κ3) is 4.17. The van der Waals surface area contributed by atoms with E-state index in [0.29, 0.717) is 18.7 Å². The summed E-state index contributed by atoms with van der Waals surface area (Å²) in [7, 11) is 0. The van der Waals surface area contributed by atoms with Crippen molar-refractivity contribution in [3.8, 4) is 0 Å². The molecule has 0 aliphatic carbocycles. The Kier molecular flexibility index (Phi) is 4.58. The molecule has 0 radical (unpaired) electrons. The van der Waals surface area contributed by atoms with Gasteiger partial charge in [0.2, 0.25) is 0 Å². The van der Waals surface area contributed by atoms with E-state index in [-0.39, 0.29) is 5.97 Å². The van der Waals surface area contributed by atoms with E-state index in [1.807, 2.05) is 31.2 Å². The molecule has 1 rings (SSSR count). The molecule has 0 amide bonds. The second-order valence-corrected chi connectivity index (χ2v) is 3.71. The van der Waals surface area contributed by atoms with Gasteiger partial charge in [0, 0.05) is 17.8 Å². The van der Waals surface area contributed by atoms with Gasteiger partial charge in [-0.15, -0.1) is 0 Å². The molecule has 1 aromatic carbocycles. The largest absolute Gasteiger partial charge is 0.460 e. The van der Waals surface area contributed by atoms with Gasteiger partial charge in [-0.05, 0) is 26.0 Å². The van der Waals surface area contributed by atoms with Gasteiger partial charge in [-0.3, -0.25) is 0 Å². The number of carbonyl (C=O) groups excluding carboxylic acids is 1. The Bertz CT molecular complexity index is 368. The predicted octanol–water partition coefficient (Wildman–Crippen LogP) is 2.53. The molecule has 3 nitrogen and oxygen atoms in total. The second-order valence-electron chi connectivity index (χ2n) is 3.71. The van der Waals surface area contributed by atoms with Gasteiger partial charge in [-0.2, -0.15) is 0 Å². The molecule has 0 atom stereocenters. The lowest BCUT2D eigenvalue weighted by Crippen LogP contribution is -2.13. The Morgan fingerprint density at radius 2 is 2.00 bits per heavy atom. The van der Waals surface area contributed by atoms with Crippen molar-refractivity contribution >= 4 is 11.7 Å². The summed E-state index contributed by atoms with van der Waals surface area (Å²) in [4.78, 5) is 11.0. The van der Waals surface area contributed by atoms with E-state index in [1.165, 1.54) is 5.56 Å². The van der Waals surface area contributed by atoms with Crippen LogP contribution in [-0.2, 0) is 9.53 Å². The van der Waals surface area contributed by atoms with Gasteiger partial charge in [0.1, 0.15) is 6.61 Å². The van der Waals surface area contributed by atoms with Gasteiger partial charge in [0.15, 0.2) is 0 Å². The highest BCUT2D eigenvalue weighted by molar-refractivity contribution is 5.86. The van der Waals surface area contributed by atoms with Crippen molar-refractivity contribution in [2.75, 3.05) is 18.5 Å². The minimum atomic E-state index is -0.342. The first-order chi connectivity index (χ1) is 7.59. The number of hydrogen-bond donors (Lipinski definition) is 1. The molecule has 0 aliphatic rings. The molecule has 3 heteroatoms. The van der Waals surface area contributed by atoms with Crippen LogP contribution >= 0.6 is 0 Å². The van der Waals surface area contributed by atoms with Gasteiger partial charge in [-0.1, -0.05) is 24.3 Å². The summed E-state index contributed by atoms with van der Waals surface area (Å²) >= 11 is 0. The lowest BCUT2D eigenvalue weighted by Gasteiger charge is -2.07. The number of aryl methyl sites for hydroxylation is 1. The summed E-state index contributed by atoms with van der Waals surface area (Å²) in [5.74, 6) is -0.342. The van der Waals surface area contributed by atoms with Crippen LogP contribution in [0.4, 0.5) is 5.69 Å². The molecule has 0 unspecified atom stereocenters. The lowest BCUT2D eigenvalue weighted by molar-refractivity contribution is -0.138. The van der Waals surface area contributed by atoms with Gasteiger partial charge in [0.05, 0.1) is 0 Å². The molecule has 0 aromatic heterocycles. The molecule has 0 bridgehead atoms. The zero-order valence-corrected chi connectivity index (χ0v) is 9.75. The van der Waals surface area contributed by atoms with Crippen LogP contribution in [0, 0.1) is 6.92 Å². The maximum atomic E-state index is 11.0. The Morgan fingerprint density at radius 1 is 1.38 bits per heavy atom. The van der Waals surface area contributed by atoms with E-state index in [9.17, 15) is 4.79 Å². The molecule has 0 aliphatic heterocycles. The molecule has 1 aromatic rings. The van der Waals surface area contributed by atoms with Crippen molar-refractivity contribution in [2.45, 2.75) is 13.8 Å². The van der Waals surface area contributed by atoms with E-state index in [4.69, 9.17) is 4.74 Å². The summed E-state index contributed by atoms with van der Waals surface area (Å²) in [5.41, 5.74) is 2.67. The molecular formula is C13H17NO2. The maximum Gasteiger partial charge on any atom is 0.333 e. The number of ether oxygens (including phenoxy) is 1. The van der Waals surface area contributed by atoms with E-state index in [1.54, 1.807) is 6.92 Å². The van der Waals surface area contributed by atoms with E-state index < -0.39 is 0 Å². The number of hydrogen-bond acceptors (Lipinski definition) is 3. The highest BCUT2D eigenvalue weighted by Crippen LogP contribution is 2.07. The summed E-state index contributed by atoms with van der Waals surface area (Å²) in [6.45, 7) is 8.13. The molecule has 0 heterocycles. The Morgan fingerprint density at radius 3 is 2.56 bits per heavy atom. The third-order valence-corrected chi connectivity index (χ3v) is 2.06. The number of nitrogens with one attached hydrogen (secondary N) is 1. The predicted molar refractivity (Wildman–Crippen MR) is 65.4 cm³/mol. The average Bonchev–Trinajstić information content (AvgIpc) is 2.26. The standard InChI is InChI=1S/C13H17NO2/c1-10(2)13(15)16-9-8-14-12-6-4-11(3)5-7-12/h4-7,14H,1,8-9H2,2-3H3. The Balaban J connectivity index is 2.23. The first-order valence-corrected chi connectivity index (χ1v) is 5.23. The normalized spacial score (nSPS) is 9.62.